The van der Waals surface area contributed by atoms with E-state index in [0.717, 1.165) is 27.9 Å². The molecule has 1 aromatic carbocycles. The van der Waals surface area contributed by atoms with Crippen molar-refractivity contribution in [1.82, 2.24) is 14.3 Å². The summed E-state index contributed by atoms with van der Waals surface area (Å²) in [6, 6.07) is 7.43. The molecule has 0 unspecified atom stereocenters. The summed E-state index contributed by atoms with van der Waals surface area (Å²) in [5, 5.41) is 5.56. The van der Waals surface area contributed by atoms with E-state index >= 15 is 0 Å². The van der Waals surface area contributed by atoms with E-state index in [2.05, 4.69) is 19.7 Å². The molecule has 0 saturated carbocycles. The molecule has 1 N–H and O–H groups in total. The first-order chi connectivity index (χ1) is 11.7. The van der Waals surface area contributed by atoms with Crippen molar-refractivity contribution in [3.8, 4) is 17.1 Å². The predicted octanol–water partition coefficient (Wildman–Crippen LogP) is 3.07. The van der Waals surface area contributed by atoms with Gasteiger partial charge in [0.25, 0.3) is 5.91 Å². The molecule has 0 saturated heterocycles. The van der Waals surface area contributed by atoms with Gasteiger partial charge in [-0.25, -0.2) is 4.98 Å². The van der Waals surface area contributed by atoms with Crippen LogP contribution in [0.1, 0.15) is 15.5 Å². The SMILES string of the molecule is COCc1nc(C(=O)Nc2nc(-c3cccc(OC)c3)ns2)cs1. The zero-order valence-corrected chi connectivity index (χ0v) is 14.6. The molecule has 2 aromatic heterocycles. The zero-order chi connectivity index (χ0) is 16.9. The topological polar surface area (TPSA) is 86.2 Å². The molecule has 7 nitrogen and oxygen atoms in total. The molecule has 3 rings (SSSR count). The Labute approximate surface area is 146 Å². The van der Waals surface area contributed by atoms with E-state index in [0.29, 0.717) is 23.3 Å². The highest BCUT2D eigenvalue weighted by Crippen LogP contribution is 2.24. The average molecular weight is 362 g/mol. The summed E-state index contributed by atoms with van der Waals surface area (Å²) in [5.74, 6) is 0.940. The number of methoxy groups -OCH3 is 2. The minimum absolute atomic E-state index is 0.318. The third-order valence-electron chi connectivity index (χ3n) is 3.03. The number of carbonyl (C=O) groups excluding carboxylic acids is 1. The van der Waals surface area contributed by atoms with Gasteiger partial charge in [0.2, 0.25) is 5.13 Å². The summed E-state index contributed by atoms with van der Waals surface area (Å²) in [4.78, 5) is 20.7. The molecule has 0 fully saturated rings. The lowest BCUT2D eigenvalue weighted by atomic mass is 10.2. The molecule has 9 heteroatoms. The fourth-order valence-corrected chi connectivity index (χ4v) is 3.25. The molecule has 0 aliphatic heterocycles. The van der Waals surface area contributed by atoms with E-state index in [-0.39, 0.29) is 5.91 Å². The van der Waals surface area contributed by atoms with Crippen LogP contribution in [0.2, 0.25) is 0 Å². The molecule has 0 bridgehead atoms. The molecular weight excluding hydrogens is 348 g/mol. The molecule has 124 valence electrons. The molecule has 1 amide bonds. The van der Waals surface area contributed by atoms with Crippen LogP contribution in [0.4, 0.5) is 5.13 Å². The van der Waals surface area contributed by atoms with Crippen molar-refractivity contribution in [3.63, 3.8) is 0 Å². The van der Waals surface area contributed by atoms with Crippen molar-refractivity contribution in [2.24, 2.45) is 0 Å². The van der Waals surface area contributed by atoms with E-state index in [1.165, 1.54) is 11.3 Å². The molecule has 0 aliphatic carbocycles. The number of hydrogen-bond acceptors (Lipinski definition) is 8. The summed E-state index contributed by atoms with van der Waals surface area (Å²) in [5.41, 5.74) is 1.16. The Morgan fingerprint density at radius 1 is 1.29 bits per heavy atom. The number of rotatable bonds is 6. The van der Waals surface area contributed by atoms with Gasteiger partial charge in [-0.15, -0.1) is 11.3 Å². The van der Waals surface area contributed by atoms with Crippen LogP contribution < -0.4 is 10.1 Å². The van der Waals surface area contributed by atoms with Gasteiger partial charge in [-0.1, -0.05) is 12.1 Å². The average Bonchev–Trinajstić information content (AvgIpc) is 3.25. The summed E-state index contributed by atoms with van der Waals surface area (Å²) in [6.07, 6.45) is 0. The van der Waals surface area contributed by atoms with Gasteiger partial charge in [0, 0.05) is 29.6 Å². The summed E-state index contributed by atoms with van der Waals surface area (Å²) in [6.45, 7) is 0.386. The van der Waals surface area contributed by atoms with Crippen LogP contribution >= 0.6 is 22.9 Å². The van der Waals surface area contributed by atoms with Gasteiger partial charge in [-0.2, -0.15) is 9.36 Å². The Morgan fingerprint density at radius 2 is 2.17 bits per heavy atom. The first-order valence-electron chi connectivity index (χ1n) is 6.92. The number of amides is 1. The van der Waals surface area contributed by atoms with Crippen molar-refractivity contribution in [2.75, 3.05) is 19.5 Å². The number of benzene rings is 1. The van der Waals surface area contributed by atoms with Crippen LogP contribution in [0.3, 0.4) is 0 Å². The Morgan fingerprint density at radius 3 is 2.96 bits per heavy atom. The third kappa shape index (κ3) is 3.75. The van der Waals surface area contributed by atoms with E-state index in [4.69, 9.17) is 9.47 Å². The zero-order valence-electron chi connectivity index (χ0n) is 13.0. The third-order valence-corrected chi connectivity index (χ3v) is 4.48. The quantitative estimate of drug-likeness (QED) is 0.725. The molecule has 0 aliphatic rings. The number of nitrogens with one attached hydrogen (secondary N) is 1. The minimum Gasteiger partial charge on any atom is -0.497 e. The van der Waals surface area contributed by atoms with E-state index in [1.807, 2.05) is 24.3 Å². The van der Waals surface area contributed by atoms with E-state index in [9.17, 15) is 4.79 Å². The van der Waals surface area contributed by atoms with E-state index < -0.39 is 0 Å². The van der Waals surface area contributed by atoms with Gasteiger partial charge in [0.05, 0.1) is 13.7 Å². The number of anilines is 1. The van der Waals surface area contributed by atoms with Crippen LogP contribution in [0, 0.1) is 0 Å². The minimum atomic E-state index is -0.318. The largest absolute Gasteiger partial charge is 0.497 e. The maximum absolute atomic E-state index is 12.2. The lowest BCUT2D eigenvalue weighted by Gasteiger charge is -2.00. The first kappa shape index (κ1) is 16.5. The number of aromatic nitrogens is 3. The van der Waals surface area contributed by atoms with Crippen LogP contribution in [-0.4, -0.2) is 34.5 Å². The molecule has 3 aromatic rings. The van der Waals surface area contributed by atoms with Crippen molar-refractivity contribution in [3.05, 3.63) is 40.3 Å². The summed E-state index contributed by atoms with van der Waals surface area (Å²) < 4.78 is 14.5. The van der Waals surface area contributed by atoms with Gasteiger partial charge in [-0.3, -0.25) is 10.1 Å². The number of hydrogen-bond donors (Lipinski definition) is 1. The fraction of sp³-hybridized carbons (Fsp3) is 0.200. The summed E-state index contributed by atoms with van der Waals surface area (Å²) >= 11 is 2.49. The second-order valence-corrected chi connectivity index (χ2v) is 6.36. The van der Waals surface area contributed by atoms with Crippen LogP contribution in [-0.2, 0) is 11.3 Å². The van der Waals surface area contributed by atoms with Crippen molar-refractivity contribution < 1.29 is 14.3 Å². The highest BCUT2D eigenvalue weighted by atomic mass is 32.1. The molecule has 0 atom stereocenters. The van der Waals surface area contributed by atoms with Crippen LogP contribution in [0.25, 0.3) is 11.4 Å². The normalized spacial score (nSPS) is 10.6. The lowest BCUT2D eigenvalue weighted by molar-refractivity contribution is 0.102. The van der Waals surface area contributed by atoms with Gasteiger partial charge >= 0.3 is 0 Å². The molecular formula is C15H14N4O3S2. The number of ether oxygens (including phenoxy) is 2. The van der Waals surface area contributed by atoms with Crippen molar-refractivity contribution >= 4 is 33.9 Å². The molecule has 0 radical (unpaired) electrons. The highest BCUT2D eigenvalue weighted by Gasteiger charge is 2.14. The number of thiazole rings is 1. The van der Waals surface area contributed by atoms with Gasteiger partial charge in [0.15, 0.2) is 5.82 Å². The van der Waals surface area contributed by atoms with Gasteiger partial charge in [0.1, 0.15) is 16.5 Å². The monoisotopic (exact) mass is 362 g/mol. The smallest absolute Gasteiger partial charge is 0.276 e. The van der Waals surface area contributed by atoms with Gasteiger partial charge in [-0.05, 0) is 12.1 Å². The lowest BCUT2D eigenvalue weighted by Crippen LogP contribution is -2.12. The maximum Gasteiger partial charge on any atom is 0.276 e. The molecule has 0 spiro atoms. The van der Waals surface area contributed by atoms with Crippen LogP contribution in [0.5, 0.6) is 5.75 Å². The van der Waals surface area contributed by atoms with Crippen LogP contribution in [0.15, 0.2) is 29.6 Å². The molecule has 2 heterocycles. The second-order valence-electron chi connectivity index (χ2n) is 4.67. The van der Waals surface area contributed by atoms with Crippen molar-refractivity contribution in [1.29, 1.82) is 0 Å². The molecule has 24 heavy (non-hydrogen) atoms. The fourth-order valence-electron chi connectivity index (χ4n) is 1.92. The Kier molecular flexibility index (Phi) is 5.14. The Bertz CT molecular complexity index is 847. The van der Waals surface area contributed by atoms with Crippen molar-refractivity contribution in [2.45, 2.75) is 6.61 Å². The number of nitrogens with zero attached hydrogens (tertiary/aromatic N) is 3. The second kappa shape index (κ2) is 7.47. The Hall–Kier alpha value is -2.36. The Balaban J connectivity index is 1.72. The van der Waals surface area contributed by atoms with E-state index in [1.54, 1.807) is 19.6 Å². The maximum atomic E-state index is 12.2. The van der Waals surface area contributed by atoms with Gasteiger partial charge < -0.3 is 9.47 Å². The first-order valence-corrected chi connectivity index (χ1v) is 8.57. The predicted molar refractivity (Wildman–Crippen MR) is 92.7 cm³/mol. The highest BCUT2D eigenvalue weighted by molar-refractivity contribution is 7.10. The number of carbonyl (C=O) groups is 1. The summed E-state index contributed by atoms with van der Waals surface area (Å²) in [7, 11) is 3.19. The standard InChI is InChI=1S/C15H14N4O3S2/c1-21-7-12-16-11(8-23-12)14(20)18-15-17-13(19-24-15)9-4-3-5-10(6-9)22-2/h3-6,8H,7H2,1-2H3,(H,17,18,19,20).